The Balaban J connectivity index is 1.89. The average molecular weight is 359 g/mol. The summed E-state index contributed by atoms with van der Waals surface area (Å²) in [7, 11) is 0. The third kappa shape index (κ3) is 3.60. The zero-order valence-electron chi connectivity index (χ0n) is 14.8. The molecule has 1 unspecified atom stereocenters. The van der Waals surface area contributed by atoms with E-state index in [0.717, 1.165) is 21.9 Å². The Morgan fingerprint density at radius 2 is 1.85 bits per heavy atom. The highest BCUT2D eigenvalue weighted by Crippen LogP contribution is 2.36. The second-order valence-corrected chi connectivity index (χ2v) is 6.00. The molecule has 0 saturated carbocycles. The van der Waals surface area contributed by atoms with E-state index in [1.165, 1.54) is 12.2 Å². The van der Waals surface area contributed by atoms with Crippen molar-refractivity contribution in [3.8, 4) is 0 Å². The standard InChI is InChI=1S/C23H19O4/c1-4-14-26-23(25)21(15(3)5-2)27-22(24)19-13-12-17-9-6-8-16-10-7-11-18(19)20(16)17/h4-13,19H,1-3,14H2. The van der Waals surface area contributed by atoms with Gasteiger partial charge in [-0.15, -0.1) is 0 Å². The van der Waals surface area contributed by atoms with Crippen LogP contribution in [0.15, 0.2) is 79.9 Å². The summed E-state index contributed by atoms with van der Waals surface area (Å²) in [5, 5.41) is 2.04. The molecule has 4 heteroatoms. The predicted octanol–water partition coefficient (Wildman–Crippen LogP) is 4.50. The monoisotopic (exact) mass is 359 g/mol. The first-order chi connectivity index (χ1) is 13.1. The van der Waals surface area contributed by atoms with E-state index < -0.39 is 17.9 Å². The minimum absolute atomic E-state index is 0.000318. The van der Waals surface area contributed by atoms with Crippen molar-refractivity contribution in [2.45, 2.75) is 5.92 Å². The van der Waals surface area contributed by atoms with Gasteiger partial charge < -0.3 is 9.47 Å². The average Bonchev–Trinajstić information content (AvgIpc) is 2.70. The molecule has 0 fully saturated rings. The normalized spacial score (nSPS) is 14.6. The first-order valence-electron chi connectivity index (χ1n) is 8.45. The van der Waals surface area contributed by atoms with Crippen LogP contribution in [-0.4, -0.2) is 18.5 Å². The van der Waals surface area contributed by atoms with E-state index in [-0.39, 0.29) is 18.3 Å². The summed E-state index contributed by atoms with van der Waals surface area (Å²) in [6.07, 6.45) is 6.15. The topological polar surface area (TPSA) is 52.6 Å². The van der Waals surface area contributed by atoms with Crippen LogP contribution in [0.1, 0.15) is 17.0 Å². The fourth-order valence-electron chi connectivity index (χ4n) is 3.00. The molecule has 0 aliphatic heterocycles. The molecule has 3 rings (SSSR count). The van der Waals surface area contributed by atoms with Gasteiger partial charge in [0.25, 0.3) is 6.10 Å². The molecule has 0 amide bonds. The van der Waals surface area contributed by atoms with Crippen LogP contribution in [0.4, 0.5) is 0 Å². The molecule has 1 radical (unpaired) electrons. The molecule has 0 bridgehead atoms. The second-order valence-electron chi connectivity index (χ2n) is 6.00. The largest absolute Gasteiger partial charge is 0.458 e. The van der Waals surface area contributed by atoms with Gasteiger partial charge in [-0.05, 0) is 21.9 Å². The lowest BCUT2D eigenvalue weighted by molar-refractivity contribution is -0.155. The van der Waals surface area contributed by atoms with Crippen LogP contribution in [0.2, 0.25) is 0 Å². The smallest absolute Gasteiger partial charge is 0.361 e. The first kappa shape index (κ1) is 18.4. The number of hydrogen-bond acceptors (Lipinski definition) is 4. The van der Waals surface area contributed by atoms with Crippen molar-refractivity contribution in [2.24, 2.45) is 0 Å². The minimum Gasteiger partial charge on any atom is -0.458 e. The van der Waals surface area contributed by atoms with Crippen molar-refractivity contribution >= 4 is 28.8 Å². The van der Waals surface area contributed by atoms with Gasteiger partial charge in [-0.1, -0.05) is 80.4 Å². The Morgan fingerprint density at radius 3 is 2.56 bits per heavy atom. The van der Waals surface area contributed by atoms with E-state index >= 15 is 0 Å². The zero-order chi connectivity index (χ0) is 19.4. The number of benzene rings is 2. The lowest BCUT2D eigenvalue weighted by atomic mass is 9.86. The Hall–Kier alpha value is -3.40. The van der Waals surface area contributed by atoms with Crippen molar-refractivity contribution in [3.05, 3.63) is 97.2 Å². The van der Waals surface area contributed by atoms with Gasteiger partial charge in [0, 0.05) is 5.57 Å². The molecule has 2 aromatic rings. The number of hydrogen-bond donors (Lipinski definition) is 0. The Bertz CT molecular complexity index is 962. The zero-order valence-corrected chi connectivity index (χ0v) is 14.8. The fraction of sp³-hybridized carbons (Fsp3) is 0.0870. The molecular weight excluding hydrogens is 340 g/mol. The van der Waals surface area contributed by atoms with Gasteiger partial charge in [-0.2, -0.15) is 0 Å². The summed E-state index contributed by atoms with van der Waals surface area (Å²) < 4.78 is 10.4. The Kier molecular flexibility index (Phi) is 5.36. The van der Waals surface area contributed by atoms with E-state index in [2.05, 4.69) is 19.7 Å². The van der Waals surface area contributed by atoms with Crippen LogP contribution in [0.5, 0.6) is 0 Å². The van der Waals surface area contributed by atoms with Crippen LogP contribution in [-0.2, 0) is 19.1 Å². The van der Waals surface area contributed by atoms with Crippen molar-refractivity contribution in [1.29, 1.82) is 0 Å². The first-order valence-corrected chi connectivity index (χ1v) is 8.45. The van der Waals surface area contributed by atoms with Crippen LogP contribution < -0.4 is 0 Å². The van der Waals surface area contributed by atoms with Gasteiger partial charge in [-0.3, -0.25) is 4.79 Å². The lowest BCUT2D eigenvalue weighted by Crippen LogP contribution is -2.26. The van der Waals surface area contributed by atoms with E-state index in [1.807, 2.05) is 42.5 Å². The number of carbonyl (C=O) groups is 2. The van der Waals surface area contributed by atoms with Crippen LogP contribution in [0, 0.1) is 6.10 Å². The molecule has 1 aliphatic rings. The van der Waals surface area contributed by atoms with Crippen LogP contribution in [0.3, 0.4) is 0 Å². The molecule has 0 spiro atoms. The molecule has 0 heterocycles. The van der Waals surface area contributed by atoms with Crippen molar-refractivity contribution in [3.63, 3.8) is 0 Å². The van der Waals surface area contributed by atoms with Crippen LogP contribution >= 0.6 is 0 Å². The van der Waals surface area contributed by atoms with Gasteiger partial charge in [0.1, 0.15) is 12.5 Å². The molecular formula is C23H19O4. The summed E-state index contributed by atoms with van der Waals surface area (Å²) in [6.45, 7) is 10.8. The summed E-state index contributed by atoms with van der Waals surface area (Å²) in [6, 6.07) is 11.7. The van der Waals surface area contributed by atoms with Gasteiger partial charge >= 0.3 is 11.9 Å². The summed E-state index contributed by atoms with van der Waals surface area (Å²) in [5.74, 6) is -2.00. The maximum absolute atomic E-state index is 12.9. The molecule has 4 nitrogen and oxygen atoms in total. The molecule has 2 aromatic carbocycles. The lowest BCUT2D eigenvalue weighted by Gasteiger charge is -2.22. The third-order valence-corrected chi connectivity index (χ3v) is 4.28. The third-order valence-electron chi connectivity index (χ3n) is 4.28. The van der Waals surface area contributed by atoms with Crippen molar-refractivity contribution < 1.29 is 19.1 Å². The molecule has 1 aliphatic carbocycles. The number of ether oxygens (including phenoxy) is 2. The predicted molar refractivity (Wildman–Crippen MR) is 106 cm³/mol. The van der Waals surface area contributed by atoms with Crippen molar-refractivity contribution in [2.75, 3.05) is 6.61 Å². The highest BCUT2D eigenvalue weighted by molar-refractivity contribution is 6.01. The molecule has 1 atom stereocenters. The van der Waals surface area contributed by atoms with Gasteiger partial charge in [0.15, 0.2) is 0 Å². The molecule has 27 heavy (non-hydrogen) atoms. The molecule has 135 valence electrons. The van der Waals surface area contributed by atoms with Gasteiger partial charge in [-0.25, -0.2) is 4.79 Å². The highest BCUT2D eigenvalue weighted by Gasteiger charge is 2.33. The number of rotatable bonds is 7. The number of esters is 2. The summed E-state index contributed by atoms with van der Waals surface area (Å²) in [4.78, 5) is 25.1. The van der Waals surface area contributed by atoms with E-state index in [4.69, 9.17) is 9.47 Å². The van der Waals surface area contributed by atoms with Crippen LogP contribution in [0.25, 0.3) is 16.8 Å². The van der Waals surface area contributed by atoms with Crippen molar-refractivity contribution in [1.82, 2.24) is 0 Å². The Morgan fingerprint density at radius 1 is 1.11 bits per heavy atom. The maximum Gasteiger partial charge on any atom is 0.361 e. The van der Waals surface area contributed by atoms with Gasteiger partial charge in [0.2, 0.25) is 0 Å². The van der Waals surface area contributed by atoms with E-state index in [1.54, 1.807) is 6.08 Å². The van der Waals surface area contributed by atoms with Gasteiger partial charge in [0.05, 0.1) is 0 Å². The van der Waals surface area contributed by atoms with E-state index in [0.29, 0.717) is 0 Å². The molecule has 0 N–H and O–H groups in total. The maximum atomic E-state index is 12.9. The SMILES string of the molecule is C=CCOC(=O)[C](OC(=O)C1C=Cc2cccc3cccc1c23)C(=C)C=C. The summed E-state index contributed by atoms with van der Waals surface area (Å²) >= 11 is 0. The fourth-order valence-corrected chi connectivity index (χ4v) is 3.00. The number of carbonyl (C=O) groups excluding carboxylic acids is 2. The Labute approximate surface area is 158 Å². The quantitative estimate of drug-likeness (QED) is 0.415. The molecule has 0 aromatic heterocycles. The minimum atomic E-state index is -0.786. The summed E-state index contributed by atoms with van der Waals surface area (Å²) in [5.41, 5.74) is 2.05. The highest BCUT2D eigenvalue weighted by atomic mass is 16.6. The molecule has 0 saturated heterocycles. The second kappa shape index (κ2) is 7.87. The van der Waals surface area contributed by atoms with E-state index in [9.17, 15) is 9.59 Å².